The summed E-state index contributed by atoms with van der Waals surface area (Å²) in [5.41, 5.74) is 0.415. The third-order valence-electron chi connectivity index (χ3n) is 2.73. The Kier molecular flexibility index (Phi) is 5.74. The van der Waals surface area contributed by atoms with Gasteiger partial charge in [0.2, 0.25) is 0 Å². The van der Waals surface area contributed by atoms with Gasteiger partial charge in [-0.15, -0.1) is 6.42 Å². The normalized spacial score (nSPS) is 11.3. The van der Waals surface area contributed by atoms with E-state index in [4.69, 9.17) is 15.9 Å². The van der Waals surface area contributed by atoms with Crippen molar-refractivity contribution in [3.05, 3.63) is 23.8 Å². The molecule has 1 atom stereocenters. The van der Waals surface area contributed by atoms with E-state index in [9.17, 15) is 4.79 Å². The minimum atomic E-state index is -0.270. The van der Waals surface area contributed by atoms with Gasteiger partial charge in [0, 0.05) is 0 Å². The molecule has 1 aromatic carbocycles. The summed E-state index contributed by atoms with van der Waals surface area (Å²) in [6.07, 6.45) is 7.04. The molecule has 0 spiro atoms. The number of nitrogens with one attached hydrogen (secondary N) is 1. The third-order valence-corrected chi connectivity index (χ3v) is 2.73. The standard InChI is InChI=1S/C15H19NO3/c1-5-8-11(6-2)16-15(17)12-9-7-10-13(18-3)14(12)19-4/h2,7,9-11H,5,8H2,1,3-4H3,(H,16,17). The number of terminal acetylenes is 1. The van der Waals surface area contributed by atoms with Crippen molar-refractivity contribution >= 4 is 5.91 Å². The molecule has 0 aliphatic heterocycles. The molecule has 1 rings (SSSR count). The second kappa shape index (κ2) is 7.32. The molecule has 1 unspecified atom stereocenters. The second-order valence-corrected chi connectivity index (χ2v) is 4.02. The van der Waals surface area contributed by atoms with Gasteiger partial charge in [-0.25, -0.2) is 0 Å². The van der Waals surface area contributed by atoms with Crippen LogP contribution in [0, 0.1) is 12.3 Å². The number of hydrogen-bond acceptors (Lipinski definition) is 3. The number of rotatable bonds is 6. The highest BCUT2D eigenvalue weighted by Crippen LogP contribution is 2.30. The summed E-state index contributed by atoms with van der Waals surface area (Å²) in [5, 5.41) is 2.80. The fraction of sp³-hybridized carbons (Fsp3) is 0.400. The van der Waals surface area contributed by atoms with Gasteiger partial charge in [-0.2, -0.15) is 0 Å². The van der Waals surface area contributed by atoms with E-state index in [2.05, 4.69) is 11.2 Å². The van der Waals surface area contributed by atoms with Crippen LogP contribution in [-0.4, -0.2) is 26.2 Å². The van der Waals surface area contributed by atoms with Gasteiger partial charge in [-0.1, -0.05) is 25.3 Å². The van der Waals surface area contributed by atoms with Crippen molar-refractivity contribution < 1.29 is 14.3 Å². The Morgan fingerprint density at radius 2 is 2.16 bits per heavy atom. The van der Waals surface area contributed by atoms with Crippen LogP contribution in [0.15, 0.2) is 18.2 Å². The van der Waals surface area contributed by atoms with Crippen molar-refractivity contribution in [1.82, 2.24) is 5.32 Å². The zero-order valence-electron chi connectivity index (χ0n) is 11.5. The number of amides is 1. The van der Waals surface area contributed by atoms with E-state index in [1.807, 2.05) is 6.92 Å². The summed E-state index contributed by atoms with van der Waals surface area (Å²) in [7, 11) is 3.03. The van der Waals surface area contributed by atoms with Crippen LogP contribution in [-0.2, 0) is 0 Å². The van der Waals surface area contributed by atoms with Gasteiger partial charge in [-0.3, -0.25) is 4.79 Å². The lowest BCUT2D eigenvalue weighted by atomic mass is 10.1. The monoisotopic (exact) mass is 261 g/mol. The van der Waals surface area contributed by atoms with E-state index in [-0.39, 0.29) is 11.9 Å². The zero-order chi connectivity index (χ0) is 14.3. The average Bonchev–Trinajstić information content (AvgIpc) is 2.45. The molecule has 4 nitrogen and oxygen atoms in total. The molecule has 0 aliphatic rings. The molecule has 1 aromatic rings. The highest BCUT2D eigenvalue weighted by Gasteiger charge is 2.18. The predicted octanol–water partition coefficient (Wildman–Crippen LogP) is 2.24. The predicted molar refractivity (Wildman–Crippen MR) is 74.5 cm³/mol. The van der Waals surface area contributed by atoms with Crippen LogP contribution in [0.1, 0.15) is 30.1 Å². The lowest BCUT2D eigenvalue weighted by Crippen LogP contribution is -2.33. The fourth-order valence-corrected chi connectivity index (χ4v) is 1.79. The third kappa shape index (κ3) is 3.65. The molecule has 0 bridgehead atoms. The molecule has 0 saturated carbocycles. The fourth-order valence-electron chi connectivity index (χ4n) is 1.79. The molecule has 1 N–H and O–H groups in total. The molecule has 0 radical (unpaired) electrons. The van der Waals surface area contributed by atoms with E-state index >= 15 is 0 Å². The minimum absolute atomic E-state index is 0.257. The molecular weight excluding hydrogens is 242 g/mol. The number of methoxy groups -OCH3 is 2. The number of ether oxygens (including phenoxy) is 2. The Labute approximate surface area is 114 Å². The van der Waals surface area contributed by atoms with Gasteiger partial charge < -0.3 is 14.8 Å². The SMILES string of the molecule is C#CC(CCC)NC(=O)c1cccc(OC)c1OC. The molecule has 4 heteroatoms. The number of carbonyl (C=O) groups is 1. The molecule has 0 saturated heterocycles. The van der Waals surface area contributed by atoms with Gasteiger partial charge in [-0.05, 0) is 18.6 Å². The Morgan fingerprint density at radius 1 is 1.42 bits per heavy atom. The summed E-state index contributed by atoms with van der Waals surface area (Å²) in [5.74, 6) is 3.24. The van der Waals surface area contributed by atoms with Crippen molar-refractivity contribution in [2.45, 2.75) is 25.8 Å². The molecule has 0 fully saturated rings. The van der Waals surface area contributed by atoms with Crippen LogP contribution in [0.5, 0.6) is 11.5 Å². The Balaban J connectivity index is 2.97. The van der Waals surface area contributed by atoms with Crippen molar-refractivity contribution in [3.63, 3.8) is 0 Å². The van der Waals surface area contributed by atoms with Crippen molar-refractivity contribution in [2.75, 3.05) is 14.2 Å². The molecule has 102 valence electrons. The van der Waals surface area contributed by atoms with Crippen LogP contribution in [0.4, 0.5) is 0 Å². The lowest BCUT2D eigenvalue weighted by Gasteiger charge is -2.15. The maximum Gasteiger partial charge on any atom is 0.256 e. The van der Waals surface area contributed by atoms with E-state index in [0.717, 1.165) is 12.8 Å². The van der Waals surface area contributed by atoms with Crippen molar-refractivity contribution in [2.24, 2.45) is 0 Å². The largest absolute Gasteiger partial charge is 0.493 e. The first kappa shape index (κ1) is 14.9. The van der Waals surface area contributed by atoms with Crippen molar-refractivity contribution in [3.8, 4) is 23.8 Å². The molecule has 0 aliphatic carbocycles. The Hall–Kier alpha value is -2.15. The first-order valence-electron chi connectivity index (χ1n) is 6.15. The summed E-state index contributed by atoms with van der Waals surface area (Å²) < 4.78 is 10.4. The van der Waals surface area contributed by atoms with Crippen LogP contribution in [0.25, 0.3) is 0 Å². The van der Waals surface area contributed by atoms with E-state index in [0.29, 0.717) is 17.1 Å². The molecule has 0 aromatic heterocycles. The van der Waals surface area contributed by atoms with Crippen molar-refractivity contribution in [1.29, 1.82) is 0 Å². The minimum Gasteiger partial charge on any atom is -0.493 e. The van der Waals surface area contributed by atoms with Gasteiger partial charge >= 0.3 is 0 Å². The highest BCUT2D eigenvalue weighted by atomic mass is 16.5. The quantitative estimate of drug-likeness (QED) is 0.799. The maximum absolute atomic E-state index is 12.2. The first-order chi connectivity index (χ1) is 9.17. The summed E-state index contributed by atoms with van der Waals surface area (Å²) in [6, 6.07) is 4.88. The lowest BCUT2D eigenvalue weighted by molar-refractivity contribution is 0.0940. The number of benzene rings is 1. The van der Waals surface area contributed by atoms with Crippen LogP contribution < -0.4 is 14.8 Å². The van der Waals surface area contributed by atoms with Crippen LogP contribution >= 0.6 is 0 Å². The Bertz CT molecular complexity index is 477. The number of carbonyl (C=O) groups excluding carboxylic acids is 1. The van der Waals surface area contributed by atoms with Gasteiger partial charge in [0.25, 0.3) is 5.91 Å². The second-order valence-electron chi connectivity index (χ2n) is 4.02. The van der Waals surface area contributed by atoms with Crippen LogP contribution in [0.2, 0.25) is 0 Å². The number of hydrogen-bond donors (Lipinski definition) is 1. The maximum atomic E-state index is 12.2. The highest BCUT2D eigenvalue weighted by molar-refractivity contribution is 5.98. The van der Waals surface area contributed by atoms with Crippen LogP contribution in [0.3, 0.4) is 0 Å². The molecule has 1 amide bonds. The average molecular weight is 261 g/mol. The summed E-state index contributed by atoms with van der Waals surface area (Å²) >= 11 is 0. The van der Waals surface area contributed by atoms with E-state index in [1.54, 1.807) is 18.2 Å². The molecule has 0 heterocycles. The molecular formula is C15H19NO3. The topological polar surface area (TPSA) is 47.6 Å². The molecule has 19 heavy (non-hydrogen) atoms. The van der Waals surface area contributed by atoms with Gasteiger partial charge in [0.05, 0.1) is 25.8 Å². The van der Waals surface area contributed by atoms with Gasteiger partial charge in [0.1, 0.15) is 0 Å². The number of para-hydroxylation sites is 1. The van der Waals surface area contributed by atoms with Gasteiger partial charge in [0.15, 0.2) is 11.5 Å². The van der Waals surface area contributed by atoms with E-state index in [1.165, 1.54) is 14.2 Å². The summed E-state index contributed by atoms with van der Waals surface area (Å²) in [6.45, 7) is 2.02. The van der Waals surface area contributed by atoms with E-state index < -0.39 is 0 Å². The summed E-state index contributed by atoms with van der Waals surface area (Å²) in [4.78, 5) is 12.2. The zero-order valence-corrected chi connectivity index (χ0v) is 11.5. The smallest absolute Gasteiger partial charge is 0.256 e. The first-order valence-corrected chi connectivity index (χ1v) is 6.15. The Morgan fingerprint density at radius 3 is 2.68 bits per heavy atom.